The van der Waals surface area contributed by atoms with E-state index in [2.05, 4.69) is 21.3 Å². The van der Waals surface area contributed by atoms with E-state index in [0.29, 0.717) is 6.54 Å². The highest BCUT2D eigenvalue weighted by Gasteiger charge is 2.27. The Labute approximate surface area is 120 Å². The minimum Gasteiger partial charge on any atom is -0.468 e. The SMILES string of the molecule is CNS(=O)(=O)NCC(c1ccco1)N1CCC(C)CC1. The van der Waals surface area contributed by atoms with Gasteiger partial charge in [0, 0.05) is 13.6 Å². The second-order valence-electron chi connectivity index (χ2n) is 5.31. The lowest BCUT2D eigenvalue weighted by atomic mass is 9.97. The van der Waals surface area contributed by atoms with Gasteiger partial charge >= 0.3 is 0 Å². The second kappa shape index (κ2) is 6.71. The van der Waals surface area contributed by atoms with Crippen molar-refractivity contribution in [3.63, 3.8) is 0 Å². The monoisotopic (exact) mass is 301 g/mol. The highest BCUT2D eigenvalue weighted by molar-refractivity contribution is 7.87. The fraction of sp³-hybridized carbons (Fsp3) is 0.692. The first kappa shape index (κ1) is 15.5. The van der Waals surface area contributed by atoms with Crippen molar-refractivity contribution in [2.24, 2.45) is 5.92 Å². The molecule has 7 heteroatoms. The summed E-state index contributed by atoms with van der Waals surface area (Å²) in [5, 5.41) is 0. The van der Waals surface area contributed by atoms with Crippen LogP contribution in [-0.2, 0) is 10.2 Å². The van der Waals surface area contributed by atoms with Crippen molar-refractivity contribution in [3.8, 4) is 0 Å². The Kier molecular flexibility index (Phi) is 5.20. The first-order valence-electron chi connectivity index (χ1n) is 6.97. The second-order valence-corrected chi connectivity index (χ2v) is 7.01. The predicted molar refractivity (Wildman–Crippen MR) is 77.4 cm³/mol. The van der Waals surface area contributed by atoms with Crippen molar-refractivity contribution < 1.29 is 12.8 Å². The van der Waals surface area contributed by atoms with Gasteiger partial charge in [-0.05, 0) is 44.0 Å². The predicted octanol–water partition coefficient (Wildman–Crippen LogP) is 1.11. The molecule has 0 aromatic carbocycles. The summed E-state index contributed by atoms with van der Waals surface area (Å²) in [6, 6.07) is 3.68. The van der Waals surface area contributed by atoms with Crippen LogP contribution in [0, 0.1) is 5.92 Å². The average Bonchev–Trinajstić information content (AvgIpc) is 2.95. The van der Waals surface area contributed by atoms with Crippen molar-refractivity contribution in [1.29, 1.82) is 0 Å². The van der Waals surface area contributed by atoms with E-state index in [0.717, 1.165) is 37.6 Å². The quantitative estimate of drug-likeness (QED) is 0.825. The summed E-state index contributed by atoms with van der Waals surface area (Å²) < 4.78 is 33.4. The minimum atomic E-state index is -3.42. The summed E-state index contributed by atoms with van der Waals surface area (Å²) in [5.41, 5.74) is 0. The molecule has 0 spiro atoms. The molecular weight excluding hydrogens is 278 g/mol. The lowest BCUT2D eigenvalue weighted by Crippen LogP contribution is -2.43. The molecule has 1 aromatic rings. The number of likely N-dealkylation sites (tertiary alicyclic amines) is 1. The van der Waals surface area contributed by atoms with Crippen molar-refractivity contribution >= 4 is 10.2 Å². The van der Waals surface area contributed by atoms with Crippen LogP contribution < -0.4 is 9.44 Å². The summed E-state index contributed by atoms with van der Waals surface area (Å²) in [6.07, 6.45) is 3.90. The van der Waals surface area contributed by atoms with Crippen LogP contribution in [0.25, 0.3) is 0 Å². The van der Waals surface area contributed by atoms with Crippen LogP contribution >= 0.6 is 0 Å². The van der Waals surface area contributed by atoms with Gasteiger partial charge in [-0.3, -0.25) is 4.90 Å². The first-order valence-corrected chi connectivity index (χ1v) is 8.45. The molecule has 2 heterocycles. The fourth-order valence-corrected chi connectivity index (χ4v) is 3.01. The zero-order valence-electron chi connectivity index (χ0n) is 12.0. The first-order chi connectivity index (χ1) is 9.52. The van der Waals surface area contributed by atoms with Gasteiger partial charge in [-0.25, -0.2) is 9.44 Å². The van der Waals surface area contributed by atoms with Gasteiger partial charge in [0.05, 0.1) is 12.3 Å². The molecular formula is C13H23N3O3S. The lowest BCUT2D eigenvalue weighted by Gasteiger charge is -2.35. The van der Waals surface area contributed by atoms with Crippen molar-refractivity contribution in [2.75, 3.05) is 26.7 Å². The molecule has 1 unspecified atom stereocenters. The summed E-state index contributed by atoms with van der Waals surface area (Å²) in [4.78, 5) is 2.29. The molecule has 1 fully saturated rings. The van der Waals surface area contributed by atoms with E-state index >= 15 is 0 Å². The van der Waals surface area contributed by atoms with Crippen molar-refractivity contribution in [3.05, 3.63) is 24.2 Å². The highest BCUT2D eigenvalue weighted by atomic mass is 32.2. The number of rotatable bonds is 6. The third-order valence-corrected chi connectivity index (χ3v) is 4.95. The van der Waals surface area contributed by atoms with Gasteiger partial charge in [0.1, 0.15) is 5.76 Å². The molecule has 1 aliphatic heterocycles. The van der Waals surface area contributed by atoms with E-state index < -0.39 is 10.2 Å². The number of nitrogens with one attached hydrogen (secondary N) is 2. The Morgan fingerprint density at radius 2 is 2.15 bits per heavy atom. The minimum absolute atomic E-state index is 0.0550. The van der Waals surface area contributed by atoms with Crippen LogP contribution in [0.4, 0.5) is 0 Å². The van der Waals surface area contributed by atoms with Gasteiger partial charge in [-0.15, -0.1) is 0 Å². The maximum Gasteiger partial charge on any atom is 0.276 e. The van der Waals surface area contributed by atoms with E-state index in [1.165, 1.54) is 7.05 Å². The zero-order chi connectivity index (χ0) is 14.6. The largest absolute Gasteiger partial charge is 0.468 e. The Bertz CT molecular complexity index is 493. The summed E-state index contributed by atoms with van der Waals surface area (Å²) >= 11 is 0. The molecule has 1 aliphatic rings. The van der Waals surface area contributed by atoms with Crippen LogP contribution in [-0.4, -0.2) is 40.0 Å². The number of nitrogens with zero attached hydrogens (tertiary/aromatic N) is 1. The molecule has 1 saturated heterocycles. The van der Waals surface area contributed by atoms with Gasteiger partial charge in [0.15, 0.2) is 0 Å². The summed E-state index contributed by atoms with van der Waals surface area (Å²) in [5.74, 6) is 1.54. The van der Waals surface area contributed by atoms with Gasteiger partial charge in [-0.2, -0.15) is 8.42 Å². The maximum atomic E-state index is 11.5. The molecule has 0 aliphatic carbocycles. The van der Waals surface area contributed by atoms with Crippen LogP contribution in [0.3, 0.4) is 0 Å². The highest BCUT2D eigenvalue weighted by Crippen LogP contribution is 2.26. The number of furan rings is 1. The number of piperidine rings is 1. The molecule has 114 valence electrons. The standard InChI is InChI=1S/C13H23N3O3S/c1-11-5-7-16(8-6-11)12(13-4-3-9-19-13)10-15-20(17,18)14-2/h3-4,9,11-12,14-15H,5-8,10H2,1-2H3. The Hall–Kier alpha value is -0.890. The van der Waals surface area contributed by atoms with E-state index in [4.69, 9.17) is 4.42 Å². The van der Waals surface area contributed by atoms with E-state index in [-0.39, 0.29) is 6.04 Å². The number of hydrogen-bond donors (Lipinski definition) is 2. The molecule has 0 amide bonds. The Morgan fingerprint density at radius 1 is 1.45 bits per heavy atom. The summed E-state index contributed by atoms with van der Waals surface area (Å²) in [7, 11) is -2.03. The van der Waals surface area contributed by atoms with Gasteiger partial charge in [0.2, 0.25) is 0 Å². The Morgan fingerprint density at radius 3 is 2.70 bits per heavy atom. The molecule has 20 heavy (non-hydrogen) atoms. The lowest BCUT2D eigenvalue weighted by molar-refractivity contribution is 0.125. The molecule has 0 radical (unpaired) electrons. The molecule has 2 N–H and O–H groups in total. The molecule has 1 aromatic heterocycles. The molecule has 0 saturated carbocycles. The van der Waals surface area contributed by atoms with Gasteiger partial charge in [-0.1, -0.05) is 6.92 Å². The zero-order valence-corrected chi connectivity index (χ0v) is 12.8. The van der Waals surface area contributed by atoms with Crippen molar-refractivity contribution in [1.82, 2.24) is 14.3 Å². The van der Waals surface area contributed by atoms with E-state index in [9.17, 15) is 8.42 Å². The molecule has 1 atom stereocenters. The van der Waals surface area contributed by atoms with Crippen LogP contribution in [0.2, 0.25) is 0 Å². The van der Waals surface area contributed by atoms with E-state index in [1.807, 2.05) is 12.1 Å². The fourth-order valence-electron chi connectivity index (χ4n) is 2.49. The summed E-state index contributed by atoms with van der Waals surface area (Å²) in [6.45, 7) is 4.50. The molecule has 6 nitrogen and oxygen atoms in total. The molecule has 2 rings (SSSR count). The van der Waals surface area contributed by atoms with Crippen LogP contribution in [0.5, 0.6) is 0 Å². The maximum absolute atomic E-state index is 11.5. The number of hydrogen-bond acceptors (Lipinski definition) is 4. The average molecular weight is 301 g/mol. The van der Waals surface area contributed by atoms with Gasteiger partial charge < -0.3 is 4.42 Å². The topological polar surface area (TPSA) is 74.6 Å². The third kappa shape index (κ3) is 4.05. The van der Waals surface area contributed by atoms with Crippen molar-refractivity contribution in [2.45, 2.75) is 25.8 Å². The smallest absolute Gasteiger partial charge is 0.276 e. The van der Waals surface area contributed by atoms with Crippen LogP contribution in [0.15, 0.2) is 22.8 Å². The Balaban J connectivity index is 2.06. The molecule has 0 bridgehead atoms. The van der Waals surface area contributed by atoms with Crippen LogP contribution in [0.1, 0.15) is 31.6 Å². The van der Waals surface area contributed by atoms with Gasteiger partial charge in [0.25, 0.3) is 10.2 Å². The van der Waals surface area contributed by atoms with E-state index in [1.54, 1.807) is 6.26 Å². The third-order valence-electron chi connectivity index (χ3n) is 3.87. The normalized spacial score (nSPS) is 20.1.